The van der Waals surface area contributed by atoms with Crippen LogP contribution in [-0.2, 0) is 27.4 Å². The SMILES string of the molecule is Cc1ccc(COC(=O)/C(C#N)=C/c2cc(C)n(C[C@@H]3CCCO3)c2C)cc1. The smallest absolute Gasteiger partial charge is 0.349 e. The quantitative estimate of drug-likeness (QED) is 0.428. The highest BCUT2D eigenvalue weighted by atomic mass is 16.5. The van der Waals surface area contributed by atoms with Crippen molar-refractivity contribution in [3.63, 3.8) is 0 Å². The second-order valence-corrected chi connectivity index (χ2v) is 7.30. The normalized spacial score (nSPS) is 16.8. The summed E-state index contributed by atoms with van der Waals surface area (Å²) in [6.45, 7) is 7.80. The molecule has 1 atom stereocenters. The number of nitriles is 1. The molecule has 1 fully saturated rings. The first-order chi connectivity index (χ1) is 13.5. The molecule has 0 spiro atoms. The molecule has 5 heteroatoms. The van der Waals surface area contributed by atoms with Crippen LogP contribution in [0.2, 0.25) is 0 Å². The van der Waals surface area contributed by atoms with Gasteiger partial charge in [0.2, 0.25) is 0 Å². The monoisotopic (exact) mass is 378 g/mol. The van der Waals surface area contributed by atoms with Gasteiger partial charge in [0.05, 0.1) is 6.10 Å². The molecule has 0 unspecified atom stereocenters. The second kappa shape index (κ2) is 8.90. The van der Waals surface area contributed by atoms with Crippen LogP contribution in [-0.4, -0.2) is 23.2 Å². The second-order valence-electron chi connectivity index (χ2n) is 7.30. The van der Waals surface area contributed by atoms with Gasteiger partial charge in [0.25, 0.3) is 0 Å². The molecular formula is C23H26N2O3. The van der Waals surface area contributed by atoms with Gasteiger partial charge in [0.15, 0.2) is 0 Å². The highest BCUT2D eigenvalue weighted by molar-refractivity contribution is 5.98. The van der Waals surface area contributed by atoms with Crippen molar-refractivity contribution in [3.8, 4) is 6.07 Å². The van der Waals surface area contributed by atoms with Crippen molar-refractivity contribution in [1.82, 2.24) is 4.57 Å². The number of carbonyl (C=O) groups is 1. The third-order valence-electron chi connectivity index (χ3n) is 5.15. The molecule has 1 saturated heterocycles. The molecule has 0 N–H and O–H groups in total. The number of esters is 1. The number of ether oxygens (including phenoxy) is 2. The van der Waals surface area contributed by atoms with Gasteiger partial charge in [-0.2, -0.15) is 5.26 Å². The molecule has 0 bridgehead atoms. The summed E-state index contributed by atoms with van der Waals surface area (Å²) in [7, 11) is 0. The molecule has 5 nitrogen and oxygen atoms in total. The summed E-state index contributed by atoms with van der Waals surface area (Å²) in [6, 6.07) is 11.7. The minimum Gasteiger partial charge on any atom is -0.457 e. The topological polar surface area (TPSA) is 64.2 Å². The van der Waals surface area contributed by atoms with Crippen LogP contribution in [0.1, 0.15) is 40.9 Å². The lowest BCUT2D eigenvalue weighted by Gasteiger charge is -2.14. The van der Waals surface area contributed by atoms with E-state index in [1.165, 1.54) is 0 Å². The first-order valence-electron chi connectivity index (χ1n) is 9.60. The van der Waals surface area contributed by atoms with Gasteiger partial charge in [-0.1, -0.05) is 29.8 Å². The Kier molecular flexibility index (Phi) is 6.33. The van der Waals surface area contributed by atoms with Crippen LogP contribution in [0.25, 0.3) is 6.08 Å². The first kappa shape index (κ1) is 19.9. The Labute approximate surface area is 166 Å². The number of hydrogen-bond acceptors (Lipinski definition) is 4. The molecule has 0 radical (unpaired) electrons. The number of aryl methyl sites for hydroxylation is 2. The maximum Gasteiger partial charge on any atom is 0.349 e. The van der Waals surface area contributed by atoms with Gasteiger partial charge >= 0.3 is 5.97 Å². The summed E-state index contributed by atoms with van der Waals surface area (Å²) in [5.41, 5.74) is 5.01. The van der Waals surface area contributed by atoms with Crippen LogP contribution >= 0.6 is 0 Å². The Balaban J connectivity index is 1.71. The van der Waals surface area contributed by atoms with Crippen LogP contribution < -0.4 is 0 Å². The summed E-state index contributed by atoms with van der Waals surface area (Å²) in [6.07, 6.45) is 4.02. The molecular weight excluding hydrogens is 352 g/mol. The molecule has 1 aromatic heterocycles. The minimum absolute atomic E-state index is 0.00415. The Hall–Kier alpha value is -2.84. The zero-order valence-corrected chi connectivity index (χ0v) is 16.7. The van der Waals surface area contributed by atoms with E-state index in [9.17, 15) is 10.1 Å². The predicted molar refractivity (Wildman–Crippen MR) is 107 cm³/mol. The predicted octanol–water partition coefficient (Wildman–Crippen LogP) is 4.24. The van der Waals surface area contributed by atoms with E-state index >= 15 is 0 Å². The Morgan fingerprint density at radius 2 is 2.07 bits per heavy atom. The zero-order valence-electron chi connectivity index (χ0n) is 16.7. The number of carbonyl (C=O) groups excluding carboxylic acids is 1. The molecule has 2 heterocycles. The average Bonchev–Trinajstić information content (AvgIpc) is 3.29. The minimum atomic E-state index is -0.605. The van der Waals surface area contributed by atoms with E-state index in [0.717, 1.165) is 54.1 Å². The van der Waals surface area contributed by atoms with Gasteiger partial charge in [-0.05, 0) is 56.9 Å². The lowest BCUT2D eigenvalue weighted by molar-refractivity contribution is -0.139. The third-order valence-corrected chi connectivity index (χ3v) is 5.15. The van der Waals surface area contributed by atoms with E-state index in [-0.39, 0.29) is 18.3 Å². The van der Waals surface area contributed by atoms with Crippen LogP contribution in [0.4, 0.5) is 0 Å². The molecule has 0 amide bonds. The Bertz CT molecular complexity index is 911. The summed E-state index contributed by atoms with van der Waals surface area (Å²) < 4.78 is 13.2. The van der Waals surface area contributed by atoms with Crippen LogP contribution in [0.3, 0.4) is 0 Å². The number of rotatable bonds is 6. The zero-order chi connectivity index (χ0) is 20.1. The fraction of sp³-hybridized carbons (Fsp3) is 0.391. The highest BCUT2D eigenvalue weighted by Gasteiger charge is 2.19. The van der Waals surface area contributed by atoms with Crippen LogP contribution in [0.15, 0.2) is 35.9 Å². The van der Waals surface area contributed by atoms with Crippen LogP contribution in [0.5, 0.6) is 0 Å². The van der Waals surface area contributed by atoms with Crippen molar-refractivity contribution in [3.05, 3.63) is 64.0 Å². The average molecular weight is 378 g/mol. The van der Waals surface area contributed by atoms with E-state index in [0.29, 0.717) is 0 Å². The van der Waals surface area contributed by atoms with Crippen molar-refractivity contribution in [2.75, 3.05) is 6.61 Å². The molecule has 3 rings (SSSR count). The number of benzene rings is 1. The number of hydrogen-bond donors (Lipinski definition) is 0. The van der Waals surface area contributed by atoms with Gasteiger partial charge in [-0.3, -0.25) is 0 Å². The summed E-state index contributed by atoms with van der Waals surface area (Å²) in [5.74, 6) is -0.605. The first-order valence-corrected chi connectivity index (χ1v) is 9.60. The largest absolute Gasteiger partial charge is 0.457 e. The van der Waals surface area contributed by atoms with E-state index < -0.39 is 5.97 Å². The van der Waals surface area contributed by atoms with Crippen molar-refractivity contribution in [2.24, 2.45) is 0 Å². The van der Waals surface area contributed by atoms with E-state index in [1.54, 1.807) is 6.08 Å². The van der Waals surface area contributed by atoms with E-state index in [1.807, 2.05) is 57.2 Å². The maximum atomic E-state index is 12.4. The molecule has 1 aromatic carbocycles. The lowest BCUT2D eigenvalue weighted by Crippen LogP contribution is -2.16. The molecule has 28 heavy (non-hydrogen) atoms. The highest BCUT2D eigenvalue weighted by Crippen LogP contribution is 2.22. The Morgan fingerprint density at radius 1 is 1.32 bits per heavy atom. The van der Waals surface area contributed by atoms with Crippen molar-refractivity contribution >= 4 is 12.0 Å². The van der Waals surface area contributed by atoms with Gasteiger partial charge < -0.3 is 14.0 Å². The summed E-state index contributed by atoms with van der Waals surface area (Å²) >= 11 is 0. The molecule has 1 aliphatic heterocycles. The maximum absolute atomic E-state index is 12.4. The fourth-order valence-electron chi connectivity index (χ4n) is 3.45. The van der Waals surface area contributed by atoms with Crippen molar-refractivity contribution in [2.45, 2.75) is 52.9 Å². The van der Waals surface area contributed by atoms with Crippen LogP contribution in [0, 0.1) is 32.1 Å². The third kappa shape index (κ3) is 4.71. The lowest BCUT2D eigenvalue weighted by atomic mass is 10.1. The van der Waals surface area contributed by atoms with E-state index in [2.05, 4.69) is 4.57 Å². The Morgan fingerprint density at radius 3 is 2.71 bits per heavy atom. The molecule has 0 saturated carbocycles. The van der Waals surface area contributed by atoms with E-state index in [4.69, 9.17) is 9.47 Å². The molecule has 2 aromatic rings. The summed E-state index contributed by atoms with van der Waals surface area (Å²) in [4.78, 5) is 12.4. The summed E-state index contributed by atoms with van der Waals surface area (Å²) in [5, 5.41) is 9.44. The fourth-order valence-corrected chi connectivity index (χ4v) is 3.45. The van der Waals surface area contributed by atoms with Gasteiger partial charge in [-0.25, -0.2) is 4.79 Å². The van der Waals surface area contributed by atoms with Crippen molar-refractivity contribution < 1.29 is 14.3 Å². The number of aromatic nitrogens is 1. The number of nitrogens with zero attached hydrogens (tertiary/aromatic N) is 2. The molecule has 146 valence electrons. The standard InChI is InChI=1S/C23H26N2O3/c1-16-6-8-19(9-7-16)15-28-23(26)21(13-24)12-20-11-17(2)25(18(20)3)14-22-5-4-10-27-22/h6-9,11-12,22H,4-5,10,14-15H2,1-3H3/b21-12+/t22-/m0/s1. The van der Waals surface area contributed by atoms with Gasteiger partial charge in [0, 0.05) is 24.5 Å². The molecule has 0 aliphatic carbocycles. The van der Waals surface area contributed by atoms with Gasteiger partial charge in [-0.15, -0.1) is 0 Å². The molecule has 1 aliphatic rings. The van der Waals surface area contributed by atoms with Gasteiger partial charge in [0.1, 0.15) is 18.2 Å². The van der Waals surface area contributed by atoms with Crippen molar-refractivity contribution in [1.29, 1.82) is 5.26 Å².